The Kier molecular flexibility index (Phi) is 5.37. The second-order valence-corrected chi connectivity index (χ2v) is 7.06. The lowest BCUT2D eigenvalue weighted by Gasteiger charge is -2.29. The summed E-state index contributed by atoms with van der Waals surface area (Å²) in [7, 11) is 0. The Bertz CT molecular complexity index is 968. The highest BCUT2D eigenvalue weighted by molar-refractivity contribution is 9.10. The van der Waals surface area contributed by atoms with Crippen molar-refractivity contribution in [3.8, 4) is 11.5 Å². The summed E-state index contributed by atoms with van der Waals surface area (Å²) in [6.07, 6.45) is 1.17. The normalized spacial score (nSPS) is 15.5. The molecule has 6 nitrogen and oxygen atoms in total. The van der Waals surface area contributed by atoms with Crippen LogP contribution in [0, 0.1) is 11.6 Å². The number of carbonyl (C=O) groups is 2. The summed E-state index contributed by atoms with van der Waals surface area (Å²) >= 11 is 3.28. The van der Waals surface area contributed by atoms with Crippen molar-refractivity contribution in [3.05, 3.63) is 64.3 Å². The third-order valence-corrected chi connectivity index (χ3v) is 4.17. The van der Waals surface area contributed by atoms with Gasteiger partial charge in [-0.3, -0.25) is 0 Å². The topological polar surface area (TPSA) is 73.9 Å². The fourth-order valence-corrected chi connectivity index (χ4v) is 2.74. The van der Waals surface area contributed by atoms with Crippen molar-refractivity contribution in [2.75, 3.05) is 5.32 Å². The first kappa shape index (κ1) is 19.8. The van der Waals surface area contributed by atoms with E-state index in [0.29, 0.717) is 10.2 Å². The number of carbonyl (C=O) groups excluding carboxylic acids is 2. The van der Waals surface area contributed by atoms with E-state index >= 15 is 0 Å². The molecule has 2 aromatic carbocycles. The van der Waals surface area contributed by atoms with Gasteiger partial charge in [0, 0.05) is 31.8 Å². The molecule has 1 fully saturated rings. The molecular formula is C19H14BrF2NO5. The zero-order valence-corrected chi connectivity index (χ0v) is 16.3. The summed E-state index contributed by atoms with van der Waals surface area (Å²) in [5, 5.41) is 2.78. The van der Waals surface area contributed by atoms with Crippen molar-refractivity contribution in [1.82, 2.24) is 0 Å². The predicted octanol–water partition coefficient (Wildman–Crippen LogP) is 4.65. The number of hydrogen-bond donors (Lipinski definition) is 1. The molecule has 0 atom stereocenters. The van der Waals surface area contributed by atoms with Gasteiger partial charge in [0.05, 0.1) is 4.47 Å². The number of nitrogens with one attached hydrogen (secondary N) is 1. The maximum Gasteiger partial charge on any atom is 0.350 e. The van der Waals surface area contributed by atoms with E-state index in [9.17, 15) is 18.4 Å². The number of anilines is 1. The predicted molar refractivity (Wildman–Crippen MR) is 98.5 cm³/mol. The summed E-state index contributed by atoms with van der Waals surface area (Å²) in [6.45, 7) is 2.90. The number of ether oxygens (including phenoxy) is 3. The van der Waals surface area contributed by atoms with Crippen LogP contribution in [0.15, 0.2) is 52.6 Å². The molecule has 0 aromatic heterocycles. The van der Waals surface area contributed by atoms with Gasteiger partial charge in [-0.05, 0) is 46.3 Å². The number of hydrogen-bond acceptors (Lipinski definition) is 6. The van der Waals surface area contributed by atoms with Gasteiger partial charge in [0.1, 0.15) is 11.6 Å². The van der Waals surface area contributed by atoms with Gasteiger partial charge >= 0.3 is 11.9 Å². The van der Waals surface area contributed by atoms with Crippen LogP contribution in [0.5, 0.6) is 11.5 Å². The quantitative estimate of drug-likeness (QED) is 0.412. The minimum absolute atomic E-state index is 0.139. The number of rotatable bonds is 4. The maximum atomic E-state index is 13.7. The van der Waals surface area contributed by atoms with E-state index in [-0.39, 0.29) is 17.1 Å². The first-order valence-corrected chi connectivity index (χ1v) is 8.80. The molecule has 28 heavy (non-hydrogen) atoms. The Morgan fingerprint density at radius 1 is 1.04 bits per heavy atom. The molecule has 0 unspecified atom stereocenters. The Balaban J connectivity index is 1.74. The minimum atomic E-state index is -1.32. The Morgan fingerprint density at radius 3 is 2.29 bits per heavy atom. The summed E-state index contributed by atoms with van der Waals surface area (Å²) in [5.41, 5.74) is 0.209. The summed E-state index contributed by atoms with van der Waals surface area (Å²) < 4.78 is 42.5. The molecule has 9 heteroatoms. The van der Waals surface area contributed by atoms with E-state index in [1.54, 1.807) is 12.1 Å². The van der Waals surface area contributed by atoms with Crippen LogP contribution in [0.1, 0.15) is 13.8 Å². The van der Waals surface area contributed by atoms with Crippen LogP contribution >= 0.6 is 15.9 Å². The molecule has 0 radical (unpaired) electrons. The second-order valence-electron chi connectivity index (χ2n) is 6.20. The fraction of sp³-hybridized carbons (Fsp3) is 0.158. The molecule has 1 N–H and O–H groups in total. The Hall–Kier alpha value is -2.94. The van der Waals surface area contributed by atoms with E-state index in [1.807, 2.05) is 0 Å². The van der Waals surface area contributed by atoms with Crippen LogP contribution in [0.2, 0.25) is 0 Å². The molecule has 1 aliphatic rings. The standard InChI is InChI=1S/C19H14BrF2NO5/c1-19(2)27-17(24)12(18(25)28-19)9-23-11-4-6-15(13(20)8-11)26-16-5-3-10(21)7-14(16)22/h3-9,23H,1-2H3. The molecule has 1 heterocycles. The molecule has 0 amide bonds. The smallest absolute Gasteiger partial charge is 0.350 e. The summed E-state index contributed by atoms with van der Waals surface area (Å²) in [4.78, 5) is 23.8. The van der Waals surface area contributed by atoms with E-state index in [4.69, 9.17) is 14.2 Å². The monoisotopic (exact) mass is 453 g/mol. The molecule has 1 saturated heterocycles. The lowest BCUT2D eigenvalue weighted by atomic mass is 10.2. The molecule has 3 rings (SSSR count). The van der Waals surface area contributed by atoms with Gasteiger partial charge in [-0.25, -0.2) is 18.4 Å². The zero-order valence-electron chi connectivity index (χ0n) is 14.7. The summed E-state index contributed by atoms with van der Waals surface area (Å²) in [5.74, 6) is -4.33. The maximum absolute atomic E-state index is 13.7. The first-order chi connectivity index (χ1) is 13.1. The number of halogens is 3. The zero-order chi connectivity index (χ0) is 20.5. The van der Waals surface area contributed by atoms with Crippen LogP contribution < -0.4 is 10.1 Å². The molecular weight excluding hydrogens is 440 g/mol. The van der Waals surface area contributed by atoms with Crippen LogP contribution in [0.3, 0.4) is 0 Å². The molecule has 1 aliphatic heterocycles. The first-order valence-electron chi connectivity index (χ1n) is 8.00. The number of cyclic esters (lactones) is 2. The van der Waals surface area contributed by atoms with Crippen LogP contribution in [0.25, 0.3) is 0 Å². The van der Waals surface area contributed by atoms with Crippen LogP contribution in [-0.4, -0.2) is 17.7 Å². The van der Waals surface area contributed by atoms with Crippen molar-refractivity contribution in [2.45, 2.75) is 19.6 Å². The number of benzene rings is 2. The van der Waals surface area contributed by atoms with Crippen LogP contribution in [-0.2, 0) is 19.1 Å². The fourth-order valence-electron chi connectivity index (χ4n) is 2.28. The van der Waals surface area contributed by atoms with Crippen molar-refractivity contribution >= 4 is 33.6 Å². The third kappa shape index (κ3) is 4.48. The van der Waals surface area contributed by atoms with Gasteiger partial charge in [0.25, 0.3) is 5.79 Å². The molecule has 146 valence electrons. The molecule has 2 aromatic rings. The van der Waals surface area contributed by atoms with Crippen molar-refractivity contribution in [1.29, 1.82) is 0 Å². The van der Waals surface area contributed by atoms with E-state index in [2.05, 4.69) is 21.2 Å². The molecule has 0 bridgehead atoms. The van der Waals surface area contributed by atoms with E-state index < -0.39 is 29.4 Å². The van der Waals surface area contributed by atoms with Crippen molar-refractivity contribution in [3.63, 3.8) is 0 Å². The Morgan fingerprint density at radius 2 is 1.68 bits per heavy atom. The summed E-state index contributed by atoms with van der Waals surface area (Å²) in [6, 6.07) is 7.65. The van der Waals surface area contributed by atoms with Gasteiger partial charge in [-0.1, -0.05) is 0 Å². The third-order valence-electron chi connectivity index (χ3n) is 3.55. The molecule has 0 saturated carbocycles. The average Bonchev–Trinajstić information content (AvgIpc) is 2.57. The second kappa shape index (κ2) is 7.59. The van der Waals surface area contributed by atoms with Crippen LogP contribution in [0.4, 0.5) is 14.5 Å². The largest absolute Gasteiger partial charge is 0.453 e. The van der Waals surface area contributed by atoms with Gasteiger partial charge in [-0.2, -0.15) is 0 Å². The lowest BCUT2D eigenvalue weighted by molar-refractivity contribution is -0.222. The highest BCUT2D eigenvalue weighted by Gasteiger charge is 2.38. The SMILES string of the molecule is CC1(C)OC(=O)C(=CNc2ccc(Oc3ccc(F)cc3F)c(Br)c2)C(=O)O1. The highest BCUT2D eigenvalue weighted by atomic mass is 79.9. The number of esters is 2. The van der Waals surface area contributed by atoms with Gasteiger partial charge in [0.2, 0.25) is 0 Å². The Labute approximate surface area is 167 Å². The van der Waals surface area contributed by atoms with E-state index in [1.165, 1.54) is 32.2 Å². The van der Waals surface area contributed by atoms with Gasteiger partial charge in [0.15, 0.2) is 17.1 Å². The van der Waals surface area contributed by atoms with Gasteiger partial charge in [-0.15, -0.1) is 0 Å². The average molecular weight is 454 g/mol. The van der Waals surface area contributed by atoms with Gasteiger partial charge < -0.3 is 19.5 Å². The minimum Gasteiger partial charge on any atom is -0.453 e. The van der Waals surface area contributed by atoms with Crippen molar-refractivity contribution < 1.29 is 32.6 Å². The van der Waals surface area contributed by atoms with E-state index in [0.717, 1.165) is 12.1 Å². The lowest BCUT2D eigenvalue weighted by Crippen LogP contribution is -2.42. The van der Waals surface area contributed by atoms with Crippen molar-refractivity contribution in [2.24, 2.45) is 0 Å². The molecule has 0 aliphatic carbocycles. The molecule has 0 spiro atoms. The highest BCUT2D eigenvalue weighted by Crippen LogP contribution is 2.33.